The summed E-state index contributed by atoms with van der Waals surface area (Å²) in [4.78, 5) is 38.6. The van der Waals surface area contributed by atoms with Gasteiger partial charge < -0.3 is 10.1 Å². The summed E-state index contributed by atoms with van der Waals surface area (Å²) in [7, 11) is 0. The number of carbonyl (C=O) groups is 3. The topological polar surface area (TPSA) is 75.7 Å². The monoisotopic (exact) mass is 372 g/mol. The van der Waals surface area contributed by atoms with E-state index in [0.29, 0.717) is 16.4 Å². The highest BCUT2D eigenvalue weighted by molar-refractivity contribution is 6.30. The van der Waals surface area contributed by atoms with Crippen LogP contribution in [0.4, 0.5) is 11.4 Å². The highest BCUT2D eigenvalue weighted by Gasteiger charge is 2.43. The van der Waals surface area contributed by atoms with Gasteiger partial charge in [0.05, 0.1) is 16.9 Å². The van der Waals surface area contributed by atoms with E-state index in [-0.39, 0.29) is 11.5 Å². The van der Waals surface area contributed by atoms with E-state index in [1.54, 1.807) is 56.3 Å². The van der Waals surface area contributed by atoms with E-state index in [2.05, 4.69) is 5.32 Å². The minimum absolute atomic E-state index is 0.251. The van der Waals surface area contributed by atoms with E-state index >= 15 is 0 Å². The van der Waals surface area contributed by atoms with E-state index in [1.165, 1.54) is 11.0 Å². The van der Waals surface area contributed by atoms with Crippen LogP contribution >= 0.6 is 11.6 Å². The number of benzene rings is 2. The largest absolute Gasteiger partial charge is 0.452 e. The van der Waals surface area contributed by atoms with Gasteiger partial charge in [0.15, 0.2) is 6.61 Å². The highest BCUT2D eigenvalue weighted by Crippen LogP contribution is 2.36. The van der Waals surface area contributed by atoms with Gasteiger partial charge in [0.25, 0.3) is 5.91 Å². The molecular formula is C19H17ClN2O4. The minimum Gasteiger partial charge on any atom is -0.452 e. The van der Waals surface area contributed by atoms with Gasteiger partial charge in [-0.3, -0.25) is 14.5 Å². The lowest BCUT2D eigenvalue weighted by molar-refractivity contribution is -0.128. The Morgan fingerprint density at radius 2 is 1.88 bits per heavy atom. The van der Waals surface area contributed by atoms with Crippen molar-refractivity contribution in [3.63, 3.8) is 0 Å². The Morgan fingerprint density at radius 3 is 2.62 bits per heavy atom. The first-order valence-electron chi connectivity index (χ1n) is 7.97. The summed E-state index contributed by atoms with van der Waals surface area (Å²) in [5.74, 6) is -1.47. The fraction of sp³-hybridized carbons (Fsp3) is 0.211. The van der Waals surface area contributed by atoms with Gasteiger partial charge in [-0.1, -0.05) is 29.8 Å². The Morgan fingerprint density at radius 1 is 1.15 bits per heavy atom. The lowest BCUT2D eigenvalue weighted by Crippen LogP contribution is -2.59. The van der Waals surface area contributed by atoms with Crippen molar-refractivity contribution >= 4 is 40.8 Å². The summed E-state index contributed by atoms with van der Waals surface area (Å²) in [6, 6.07) is 13.2. The Labute approximate surface area is 155 Å². The zero-order chi connectivity index (χ0) is 18.9. The summed E-state index contributed by atoms with van der Waals surface area (Å²) in [6.07, 6.45) is 0. The first-order chi connectivity index (χ1) is 12.3. The van der Waals surface area contributed by atoms with Crippen LogP contribution in [-0.2, 0) is 14.3 Å². The molecule has 0 aromatic heterocycles. The first kappa shape index (κ1) is 17.9. The number of hydrogen-bond acceptors (Lipinski definition) is 4. The maximum Gasteiger partial charge on any atom is 0.338 e. The predicted molar refractivity (Wildman–Crippen MR) is 98.4 cm³/mol. The molecule has 1 aliphatic rings. The van der Waals surface area contributed by atoms with E-state index in [1.807, 2.05) is 0 Å². The molecule has 0 fully saturated rings. The standard InChI is InChI=1S/C19H17ClN2O4/c1-19(2)18(25)21-14-8-3-4-9-15(14)22(19)16(23)11-26-17(24)12-6-5-7-13(20)10-12/h3-10H,11H2,1-2H3,(H,21,25). The van der Waals surface area contributed by atoms with Crippen LogP contribution in [0, 0.1) is 0 Å². The maximum absolute atomic E-state index is 12.8. The van der Waals surface area contributed by atoms with Gasteiger partial charge in [-0.15, -0.1) is 0 Å². The second-order valence-electron chi connectivity index (χ2n) is 6.35. The molecule has 134 valence electrons. The molecule has 6 nitrogen and oxygen atoms in total. The maximum atomic E-state index is 12.8. The Kier molecular flexibility index (Phi) is 4.70. The SMILES string of the molecule is CC1(C)C(=O)Nc2ccccc2N1C(=O)COC(=O)c1cccc(Cl)c1. The van der Waals surface area contributed by atoms with Crippen molar-refractivity contribution in [2.75, 3.05) is 16.8 Å². The fourth-order valence-electron chi connectivity index (χ4n) is 2.79. The summed E-state index contributed by atoms with van der Waals surface area (Å²) in [6.45, 7) is 2.78. The van der Waals surface area contributed by atoms with Gasteiger partial charge in [0, 0.05) is 5.02 Å². The molecule has 1 heterocycles. The van der Waals surface area contributed by atoms with Crippen LogP contribution in [0.5, 0.6) is 0 Å². The molecule has 0 aliphatic carbocycles. The molecule has 1 aliphatic heterocycles. The number of halogens is 1. The molecule has 2 aromatic rings. The van der Waals surface area contributed by atoms with Gasteiger partial charge in [-0.2, -0.15) is 0 Å². The van der Waals surface area contributed by atoms with E-state index in [4.69, 9.17) is 16.3 Å². The van der Waals surface area contributed by atoms with Crippen molar-refractivity contribution in [1.82, 2.24) is 0 Å². The number of hydrogen-bond donors (Lipinski definition) is 1. The van der Waals surface area contributed by atoms with Crippen LogP contribution in [0.2, 0.25) is 5.02 Å². The average Bonchev–Trinajstić information content (AvgIpc) is 2.60. The zero-order valence-corrected chi connectivity index (χ0v) is 15.0. The molecule has 0 spiro atoms. The van der Waals surface area contributed by atoms with Crippen LogP contribution in [0.25, 0.3) is 0 Å². The Hall–Kier alpha value is -2.86. The third-order valence-corrected chi connectivity index (χ3v) is 4.38. The fourth-order valence-corrected chi connectivity index (χ4v) is 2.98. The molecule has 7 heteroatoms. The molecule has 0 bridgehead atoms. The van der Waals surface area contributed by atoms with Crippen LogP contribution in [0.1, 0.15) is 24.2 Å². The molecule has 26 heavy (non-hydrogen) atoms. The Bertz CT molecular complexity index is 895. The van der Waals surface area contributed by atoms with Gasteiger partial charge in [-0.25, -0.2) is 4.79 Å². The number of amides is 2. The number of nitrogens with one attached hydrogen (secondary N) is 1. The van der Waals surface area contributed by atoms with Crippen molar-refractivity contribution in [2.45, 2.75) is 19.4 Å². The highest BCUT2D eigenvalue weighted by atomic mass is 35.5. The number of para-hydroxylation sites is 2. The molecule has 0 radical (unpaired) electrons. The molecule has 2 aromatic carbocycles. The van der Waals surface area contributed by atoms with Crippen molar-refractivity contribution in [3.05, 3.63) is 59.1 Å². The normalized spacial score (nSPS) is 15.0. The minimum atomic E-state index is -1.12. The van der Waals surface area contributed by atoms with E-state index < -0.39 is 24.0 Å². The average molecular weight is 373 g/mol. The van der Waals surface area contributed by atoms with Crippen LogP contribution in [-0.4, -0.2) is 29.9 Å². The second-order valence-corrected chi connectivity index (χ2v) is 6.78. The number of nitrogens with zero attached hydrogens (tertiary/aromatic N) is 1. The molecule has 0 unspecified atom stereocenters. The van der Waals surface area contributed by atoms with Gasteiger partial charge in [-0.05, 0) is 44.2 Å². The van der Waals surface area contributed by atoms with Crippen molar-refractivity contribution in [1.29, 1.82) is 0 Å². The molecule has 0 atom stereocenters. The summed E-state index contributed by atoms with van der Waals surface area (Å²) in [5.41, 5.74) is 0.224. The summed E-state index contributed by atoms with van der Waals surface area (Å²) >= 11 is 5.86. The summed E-state index contributed by atoms with van der Waals surface area (Å²) < 4.78 is 5.12. The number of rotatable bonds is 3. The first-order valence-corrected chi connectivity index (χ1v) is 8.35. The van der Waals surface area contributed by atoms with E-state index in [0.717, 1.165) is 0 Å². The number of fused-ring (bicyclic) bond motifs is 1. The zero-order valence-electron chi connectivity index (χ0n) is 14.3. The smallest absolute Gasteiger partial charge is 0.338 e. The van der Waals surface area contributed by atoms with Crippen molar-refractivity contribution in [3.8, 4) is 0 Å². The Balaban J connectivity index is 1.80. The number of anilines is 2. The van der Waals surface area contributed by atoms with Gasteiger partial charge in [0.2, 0.25) is 5.91 Å². The summed E-state index contributed by atoms with van der Waals surface area (Å²) in [5, 5.41) is 3.17. The van der Waals surface area contributed by atoms with E-state index in [9.17, 15) is 14.4 Å². The molecular weight excluding hydrogens is 356 g/mol. The molecule has 2 amide bonds. The van der Waals surface area contributed by atoms with Gasteiger partial charge in [0.1, 0.15) is 5.54 Å². The molecule has 3 rings (SSSR count). The lowest BCUT2D eigenvalue weighted by Gasteiger charge is -2.41. The van der Waals surface area contributed by atoms with Crippen LogP contribution in [0.15, 0.2) is 48.5 Å². The molecule has 1 N–H and O–H groups in total. The molecule has 0 saturated heterocycles. The third kappa shape index (κ3) is 3.28. The van der Waals surface area contributed by atoms with Crippen molar-refractivity contribution in [2.24, 2.45) is 0 Å². The quantitative estimate of drug-likeness (QED) is 0.839. The second kappa shape index (κ2) is 6.80. The molecule has 0 saturated carbocycles. The van der Waals surface area contributed by atoms with Crippen LogP contribution in [0.3, 0.4) is 0 Å². The van der Waals surface area contributed by atoms with Gasteiger partial charge >= 0.3 is 5.97 Å². The third-order valence-electron chi connectivity index (χ3n) is 4.14. The lowest BCUT2D eigenvalue weighted by atomic mass is 9.96. The van der Waals surface area contributed by atoms with Crippen LogP contribution < -0.4 is 10.2 Å². The number of carbonyl (C=O) groups excluding carboxylic acids is 3. The predicted octanol–water partition coefficient (Wildman–Crippen LogP) is 3.26. The number of esters is 1. The van der Waals surface area contributed by atoms with Crippen molar-refractivity contribution < 1.29 is 19.1 Å². The number of ether oxygens (including phenoxy) is 1.